The van der Waals surface area contributed by atoms with E-state index in [2.05, 4.69) is 40.1 Å². The number of sulfone groups is 2. The maximum atomic E-state index is 16.4. The Labute approximate surface area is 348 Å². The van der Waals surface area contributed by atoms with Gasteiger partial charge >= 0.3 is 12.1 Å². The number of rotatable bonds is 12. The maximum absolute atomic E-state index is 16.4. The lowest BCUT2D eigenvalue weighted by Gasteiger charge is -2.37. The number of likely N-dealkylation sites (tertiary alicyclic amines) is 2. The Morgan fingerprint density at radius 2 is 1.42 bits per heavy atom. The molecule has 2 fully saturated rings. The molecule has 0 aromatic carbocycles. The zero-order chi connectivity index (χ0) is 48.3. The average molecular weight is 899 g/mol. The van der Waals surface area contributed by atoms with Crippen molar-refractivity contribution in [2.75, 3.05) is 36.8 Å². The van der Waals surface area contributed by atoms with Crippen molar-refractivity contribution in [3.8, 4) is 5.88 Å². The Hall–Kier alpha value is -5.33. The van der Waals surface area contributed by atoms with E-state index in [9.17, 15) is 39.6 Å². The highest BCUT2D eigenvalue weighted by Gasteiger charge is 2.51. The van der Waals surface area contributed by atoms with Gasteiger partial charge < -0.3 is 23.6 Å². The number of carbonyl (C=O) groups is 2. The van der Waals surface area contributed by atoms with Gasteiger partial charge in [0.05, 0.1) is 7.64 Å². The van der Waals surface area contributed by atoms with E-state index in [1.54, 1.807) is 0 Å². The zero-order valence-corrected chi connectivity index (χ0v) is 33.7. The summed E-state index contributed by atoms with van der Waals surface area (Å²) in [7, 11) is -10.0. The summed E-state index contributed by atoms with van der Waals surface area (Å²) in [4.78, 5) is 29.2. The molecule has 4 amide bonds. The number of anilines is 2. The fourth-order valence-electron chi connectivity index (χ4n) is 6.42. The third-order valence-electron chi connectivity index (χ3n) is 9.82. The summed E-state index contributed by atoms with van der Waals surface area (Å²) >= 11 is 0. The normalized spacial score (nSPS) is 19.9. The van der Waals surface area contributed by atoms with Crippen LogP contribution < -0.4 is 15.4 Å². The number of hydrogen-bond acceptors (Lipinski definition) is 13. The van der Waals surface area contributed by atoms with Crippen molar-refractivity contribution in [3.05, 3.63) is 54.9 Å². The van der Waals surface area contributed by atoms with Gasteiger partial charge in [-0.1, -0.05) is 10.3 Å². The zero-order valence-electron chi connectivity index (χ0n) is 37.1. The lowest BCUT2D eigenvalue weighted by atomic mass is 9.92. The van der Waals surface area contributed by atoms with Gasteiger partial charge in [0, 0.05) is 86.1 Å². The second-order valence-corrected chi connectivity index (χ2v) is 17.9. The van der Waals surface area contributed by atoms with Crippen LogP contribution in [0.25, 0.3) is 0 Å². The van der Waals surface area contributed by atoms with Crippen molar-refractivity contribution in [2.24, 2.45) is 11.8 Å². The van der Waals surface area contributed by atoms with Crippen LogP contribution in [0.5, 0.6) is 5.88 Å². The van der Waals surface area contributed by atoms with Gasteiger partial charge in [0.1, 0.15) is 23.1 Å². The number of pyridine rings is 1. The molecule has 4 aromatic heterocycles. The topological polar surface area (TPSA) is 225 Å². The molecular weight excluding hydrogens is 850 g/mol. The van der Waals surface area contributed by atoms with Gasteiger partial charge in [-0.2, -0.15) is 5.10 Å². The summed E-state index contributed by atoms with van der Waals surface area (Å²) in [5.41, 5.74) is -1.45. The fourth-order valence-corrected chi connectivity index (χ4v) is 9.63. The molecule has 18 nitrogen and oxygen atoms in total. The van der Waals surface area contributed by atoms with Gasteiger partial charge in [-0.05, 0) is 52.4 Å². The summed E-state index contributed by atoms with van der Waals surface area (Å²) in [5.74, 6) is -2.27. The molecule has 6 rings (SSSR count). The number of ether oxygens (including phenoxy) is 1. The van der Waals surface area contributed by atoms with Crippen LogP contribution in [0.15, 0.2) is 68.0 Å². The Kier molecular flexibility index (Phi) is 12.0. The molecule has 0 aliphatic carbocycles. The Bertz CT molecular complexity index is 2470. The molecule has 3 atom stereocenters. The lowest BCUT2D eigenvalue weighted by molar-refractivity contribution is 0.0808. The molecule has 25 heteroatoms. The van der Waals surface area contributed by atoms with Crippen LogP contribution in [0.1, 0.15) is 72.3 Å². The van der Waals surface area contributed by atoms with E-state index in [1.165, 1.54) is 40.5 Å². The molecule has 0 radical (unpaired) electrons. The maximum Gasteiger partial charge on any atom is 0.323 e. The Morgan fingerprint density at radius 1 is 0.900 bits per heavy atom. The number of aryl methyl sites for hydroxylation is 1. The van der Waals surface area contributed by atoms with Gasteiger partial charge in [0.2, 0.25) is 41.9 Å². The molecule has 1 unspecified atom stereocenters. The van der Waals surface area contributed by atoms with Crippen LogP contribution in [0.2, 0.25) is 0 Å². The molecule has 2 saturated heterocycles. The average Bonchev–Trinajstić information content (AvgIpc) is 4.04. The second-order valence-electron chi connectivity index (χ2n) is 13.6. The van der Waals surface area contributed by atoms with E-state index in [-0.39, 0.29) is 66.1 Å². The monoisotopic (exact) mass is 898 g/mol. The van der Waals surface area contributed by atoms with Gasteiger partial charge in [-0.15, -0.1) is 0 Å². The highest BCUT2D eigenvalue weighted by atomic mass is 32.2. The molecule has 6 heterocycles. The van der Waals surface area contributed by atoms with Crippen LogP contribution in [-0.2, 0) is 26.2 Å². The predicted molar refractivity (Wildman–Crippen MR) is 201 cm³/mol. The van der Waals surface area contributed by atoms with E-state index in [0.29, 0.717) is 6.20 Å². The minimum Gasteiger partial charge on any atom is -0.444 e. The number of aromatic nitrogens is 5. The van der Waals surface area contributed by atoms with Gasteiger partial charge in [-0.25, -0.2) is 53.4 Å². The van der Waals surface area contributed by atoms with E-state index in [0.717, 1.165) is 33.0 Å². The predicted octanol–water partition coefficient (Wildman–Crippen LogP) is 6.40. The van der Waals surface area contributed by atoms with Crippen molar-refractivity contribution in [3.63, 3.8) is 0 Å². The first-order valence-corrected chi connectivity index (χ1v) is 21.0. The third kappa shape index (κ3) is 9.99. The molecule has 0 spiro atoms. The molecule has 2 aliphatic rings. The van der Waals surface area contributed by atoms with Gasteiger partial charge in [0.15, 0.2) is 11.6 Å². The SMILES string of the molecule is CC(F)Oc1ccc(S(=O)(=O)[C@@](C)(F)C2CCN(C(=O)Nc3ccon3)CC2)cn1.[2H]C([2H])(C)n1cc(S(=O)(=O)[C@@](F)(C2CCN(C(=O)Nc3ccon3)CC2)C([2H])([2H])[2H])c(C(F)F)n1. The molecule has 2 N–H and O–H groups in total. The lowest BCUT2D eigenvalue weighted by Crippen LogP contribution is -2.48. The summed E-state index contributed by atoms with van der Waals surface area (Å²) in [6.07, 6.45) is -1.82. The second kappa shape index (κ2) is 18.5. The number of carbonyl (C=O) groups excluding carboxylic acids is 2. The van der Waals surface area contributed by atoms with Gasteiger partial charge in [-0.3, -0.25) is 15.3 Å². The van der Waals surface area contributed by atoms with Crippen molar-refractivity contribution < 1.29 is 69.0 Å². The summed E-state index contributed by atoms with van der Waals surface area (Å²) < 4.78 is 177. The van der Waals surface area contributed by atoms with Crippen LogP contribution in [0.3, 0.4) is 0 Å². The quantitative estimate of drug-likeness (QED) is 0.147. The van der Waals surface area contributed by atoms with Crippen molar-refractivity contribution >= 4 is 43.4 Å². The largest absolute Gasteiger partial charge is 0.444 e. The Balaban J connectivity index is 0.000000247. The molecular formula is C35H44F5N9O9S2. The Morgan fingerprint density at radius 3 is 1.82 bits per heavy atom. The number of alkyl halides is 5. The molecule has 0 saturated carbocycles. The van der Waals surface area contributed by atoms with E-state index in [4.69, 9.17) is 11.6 Å². The summed E-state index contributed by atoms with van der Waals surface area (Å²) in [6.45, 7) is -3.25. The first kappa shape index (κ1) is 38.8. The minimum absolute atomic E-state index is 0.0920. The van der Waals surface area contributed by atoms with E-state index in [1.807, 2.05) is 0 Å². The number of amides is 4. The number of nitrogens with one attached hydrogen (secondary N) is 2. The van der Waals surface area contributed by atoms with Crippen LogP contribution in [0.4, 0.5) is 43.2 Å². The number of piperidine rings is 2. The first-order valence-electron chi connectivity index (χ1n) is 20.6. The van der Waals surface area contributed by atoms with E-state index >= 15 is 8.78 Å². The number of hydrogen-bond donors (Lipinski definition) is 2. The molecule has 2 aliphatic heterocycles. The van der Waals surface area contributed by atoms with Crippen LogP contribution in [-0.4, -0.2) is 106 Å². The van der Waals surface area contributed by atoms with Crippen LogP contribution in [0, 0.1) is 11.8 Å². The van der Waals surface area contributed by atoms with Crippen LogP contribution >= 0.6 is 0 Å². The van der Waals surface area contributed by atoms with Crippen molar-refractivity contribution in [2.45, 2.75) is 92.4 Å². The summed E-state index contributed by atoms with van der Waals surface area (Å²) in [6, 6.07) is 4.07. The minimum atomic E-state index is -5.65. The van der Waals surface area contributed by atoms with Crippen molar-refractivity contribution in [1.82, 2.24) is 34.9 Å². The third-order valence-corrected chi connectivity index (χ3v) is 14.1. The van der Waals surface area contributed by atoms with Crippen molar-refractivity contribution in [1.29, 1.82) is 0 Å². The van der Waals surface area contributed by atoms with E-state index < -0.39 is 103 Å². The standard InChI is InChI=1S/C18H22F2N4O5S.C17H22F3N5O4S/c1-12(19)29-16-4-3-14(11-21-16)30(26,27)18(2,20)13-5-8-24(9-6-13)17(25)22-15-7-10-28-23-15;1-3-25-10-12(14(22-25)15(18)19)30(27,28)17(2,20)11-4-7-24(8-5-11)16(26)21-13-6-9-29-23-13/h3-4,7,10-13H,5-6,8-9H2,1-2H3,(H,22,23,25);6,9-11,15H,3-5,7-8H2,1-2H3,(H,21,23,26)/t12?,18-;17-/m11/s1/i;2D3,3D2. The van der Waals surface area contributed by atoms with Gasteiger partial charge in [0.25, 0.3) is 6.43 Å². The number of urea groups is 2. The molecule has 0 bridgehead atoms. The first-order chi connectivity index (χ1) is 30.1. The molecule has 60 heavy (non-hydrogen) atoms. The highest BCUT2D eigenvalue weighted by molar-refractivity contribution is 7.93. The highest BCUT2D eigenvalue weighted by Crippen LogP contribution is 2.42. The molecule has 330 valence electrons. The number of nitrogens with zero attached hydrogens (tertiary/aromatic N) is 7. The molecule has 4 aromatic rings. The fraction of sp³-hybridized carbons (Fsp3) is 0.543. The summed E-state index contributed by atoms with van der Waals surface area (Å²) in [5, 5.41) is 8.70. The smallest absolute Gasteiger partial charge is 0.323 e. The number of halogens is 5.